The van der Waals surface area contributed by atoms with Gasteiger partial charge < -0.3 is 15.5 Å². The number of rotatable bonds is 9. The lowest BCUT2D eigenvalue weighted by molar-refractivity contribution is -0.144. The van der Waals surface area contributed by atoms with Gasteiger partial charge in [-0.25, -0.2) is 0 Å². The van der Waals surface area contributed by atoms with E-state index in [1.165, 1.54) is 6.08 Å². The van der Waals surface area contributed by atoms with Crippen molar-refractivity contribution >= 4 is 23.5 Å². The maximum Gasteiger partial charge on any atom is 0.289 e. The third kappa shape index (κ3) is 5.18. The molecule has 0 aromatic carbocycles. The zero-order chi connectivity index (χ0) is 23.1. The Labute approximate surface area is 185 Å². The van der Waals surface area contributed by atoms with Crippen LogP contribution in [0.2, 0.25) is 0 Å². The van der Waals surface area contributed by atoms with Crippen LogP contribution in [0.5, 0.6) is 0 Å². The second kappa shape index (κ2) is 8.40. The number of amides is 3. The van der Waals surface area contributed by atoms with E-state index in [0.29, 0.717) is 31.2 Å². The average Bonchev–Trinajstić information content (AvgIpc) is 3.50. The second-order valence-electron chi connectivity index (χ2n) is 11.3. The maximum absolute atomic E-state index is 13.4. The lowest BCUT2D eigenvalue weighted by atomic mass is 9.90. The van der Waals surface area contributed by atoms with Crippen LogP contribution in [0.1, 0.15) is 60.3 Å². The van der Waals surface area contributed by atoms with Crippen molar-refractivity contribution in [2.45, 2.75) is 72.4 Å². The van der Waals surface area contributed by atoms with Crippen molar-refractivity contribution in [3.8, 4) is 0 Å². The number of ketones is 1. The number of fused-ring (bicyclic) bond motifs is 1. The van der Waals surface area contributed by atoms with Crippen molar-refractivity contribution in [1.29, 1.82) is 0 Å². The van der Waals surface area contributed by atoms with Gasteiger partial charge in [-0.05, 0) is 35.0 Å². The number of carbonyl (C=O) groups excluding carboxylic acids is 4. The molecule has 4 unspecified atom stereocenters. The number of hydrogen-bond donors (Lipinski definition) is 2. The Balaban J connectivity index is 1.74. The molecule has 0 spiro atoms. The van der Waals surface area contributed by atoms with Gasteiger partial charge in [0.1, 0.15) is 6.04 Å². The highest BCUT2D eigenvalue weighted by Gasteiger charge is 2.69. The van der Waals surface area contributed by atoms with Crippen molar-refractivity contribution in [3.05, 3.63) is 12.7 Å². The fourth-order valence-electron chi connectivity index (χ4n) is 4.98. The number of Topliss-reactive ketones (excluding diaryl/α,β-unsaturated/α-hetero) is 1. The molecule has 0 aromatic rings. The van der Waals surface area contributed by atoms with Gasteiger partial charge in [-0.3, -0.25) is 19.2 Å². The fourth-order valence-corrected chi connectivity index (χ4v) is 4.98. The molecule has 172 valence electrons. The number of nitrogens with zero attached hydrogens (tertiary/aromatic N) is 1. The molecular weight excluding hydrogens is 394 g/mol. The van der Waals surface area contributed by atoms with Crippen molar-refractivity contribution < 1.29 is 19.2 Å². The molecule has 3 fully saturated rings. The zero-order valence-corrected chi connectivity index (χ0v) is 19.5. The summed E-state index contributed by atoms with van der Waals surface area (Å²) in [5.74, 6) is -0.931. The van der Waals surface area contributed by atoms with Crippen molar-refractivity contribution in [2.24, 2.45) is 28.6 Å². The zero-order valence-electron chi connectivity index (χ0n) is 19.5. The van der Waals surface area contributed by atoms with E-state index in [-0.39, 0.29) is 35.1 Å². The highest BCUT2D eigenvalue weighted by molar-refractivity contribution is 6.38. The van der Waals surface area contributed by atoms with Crippen LogP contribution >= 0.6 is 0 Å². The monoisotopic (exact) mass is 431 g/mol. The molecule has 0 radical (unpaired) electrons. The van der Waals surface area contributed by atoms with Gasteiger partial charge in [-0.2, -0.15) is 0 Å². The largest absolute Gasteiger partial charge is 0.346 e. The molecule has 2 aliphatic carbocycles. The van der Waals surface area contributed by atoms with Gasteiger partial charge in [0, 0.05) is 19.5 Å². The van der Waals surface area contributed by atoms with Gasteiger partial charge in [0.15, 0.2) is 0 Å². The van der Waals surface area contributed by atoms with E-state index in [9.17, 15) is 19.2 Å². The molecule has 31 heavy (non-hydrogen) atoms. The van der Waals surface area contributed by atoms with Crippen molar-refractivity contribution in [3.63, 3.8) is 0 Å². The lowest BCUT2D eigenvalue weighted by Crippen LogP contribution is -2.55. The van der Waals surface area contributed by atoms with E-state index < -0.39 is 23.8 Å². The third-order valence-electron chi connectivity index (χ3n) is 7.01. The van der Waals surface area contributed by atoms with Gasteiger partial charge >= 0.3 is 0 Å². The molecular formula is C24H37N3O4. The van der Waals surface area contributed by atoms with Crippen LogP contribution in [-0.4, -0.2) is 53.6 Å². The van der Waals surface area contributed by atoms with Crippen LogP contribution in [0, 0.1) is 28.6 Å². The van der Waals surface area contributed by atoms with Crippen LogP contribution in [0.4, 0.5) is 0 Å². The van der Waals surface area contributed by atoms with Crippen LogP contribution < -0.4 is 10.6 Å². The summed E-state index contributed by atoms with van der Waals surface area (Å²) in [6.07, 6.45) is 4.35. The number of hydrogen-bond acceptors (Lipinski definition) is 4. The summed E-state index contributed by atoms with van der Waals surface area (Å²) in [5.41, 5.74) is -0.175. The molecule has 1 saturated heterocycles. The summed E-state index contributed by atoms with van der Waals surface area (Å²) in [6.45, 7) is 14.6. The summed E-state index contributed by atoms with van der Waals surface area (Å²) in [4.78, 5) is 53.1. The molecule has 2 N–H and O–H groups in total. The highest BCUT2D eigenvalue weighted by Crippen LogP contribution is 2.65. The lowest BCUT2D eigenvalue weighted by Gasteiger charge is -2.33. The number of piperidine rings is 1. The van der Waals surface area contributed by atoms with Crippen LogP contribution in [-0.2, 0) is 19.2 Å². The van der Waals surface area contributed by atoms with Crippen LogP contribution in [0.3, 0.4) is 0 Å². The third-order valence-corrected chi connectivity index (χ3v) is 7.01. The first-order valence-corrected chi connectivity index (χ1v) is 11.4. The molecule has 4 atom stereocenters. The van der Waals surface area contributed by atoms with Crippen molar-refractivity contribution in [1.82, 2.24) is 15.5 Å². The summed E-state index contributed by atoms with van der Waals surface area (Å²) >= 11 is 0. The van der Waals surface area contributed by atoms with E-state index in [4.69, 9.17) is 0 Å². The standard InChI is InChI=1S/C24H37N3O4/c1-7-10-25-22(31)20(29)16(11-14-8-9-14)26-21(30)19-18-15(24(18,5)6)13-27(19)17(28)12-23(2,3)4/h7,14-16,18-19H,1,8-13H2,2-6H3,(H,25,31)(H,26,30). The molecule has 0 aromatic heterocycles. The Hall–Kier alpha value is -2.18. The molecule has 3 aliphatic rings. The highest BCUT2D eigenvalue weighted by atomic mass is 16.2. The fraction of sp³-hybridized carbons (Fsp3) is 0.750. The van der Waals surface area contributed by atoms with E-state index in [1.807, 2.05) is 20.8 Å². The SMILES string of the molecule is C=CCNC(=O)C(=O)C(CC1CC1)NC(=O)C1C2C(CN1C(=O)CC(C)(C)C)C2(C)C. The normalized spacial score (nSPS) is 27.1. The van der Waals surface area contributed by atoms with Gasteiger partial charge in [0.2, 0.25) is 17.6 Å². The van der Waals surface area contributed by atoms with E-state index in [0.717, 1.165) is 12.8 Å². The predicted octanol–water partition coefficient (Wildman–Crippen LogP) is 2.06. The first kappa shape index (κ1) is 23.5. The summed E-state index contributed by atoms with van der Waals surface area (Å²) in [6, 6.07) is -1.44. The summed E-state index contributed by atoms with van der Waals surface area (Å²) < 4.78 is 0. The number of likely N-dealkylation sites (tertiary alicyclic amines) is 1. The Morgan fingerprint density at radius 3 is 2.39 bits per heavy atom. The molecule has 3 rings (SSSR count). The molecule has 7 heteroatoms. The minimum atomic E-state index is -0.856. The first-order chi connectivity index (χ1) is 14.4. The van der Waals surface area contributed by atoms with Gasteiger partial charge in [-0.15, -0.1) is 6.58 Å². The molecule has 0 bridgehead atoms. The second-order valence-corrected chi connectivity index (χ2v) is 11.3. The smallest absolute Gasteiger partial charge is 0.289 e. The topological polar surface area (TPSA) is 95.6 Å². The Morgan fingerprint density at radius 2 is 1.84 bits per heavy atom. The van der Waals surface area contributed by atoms with E-state index >= 15 is 0 Å². The van der Waals surface area contributed by atoms with Crippen LogP contribution in [0.15, 0.2) is 12.7 Å². The minimum absolute atomic E-state index is 0.00213. The molecule has 2 saturated carbocycles. The molecule has 1 aliphatic heterocycles. The molecule has 1 heterocycles. The summed E-state index contributed by atoms with van der Waals surface area (Å²) in [7, 11) is 0. The Bertz CT molecular complexity index is 778. The Morgan fingerprint density at radius 1 is 1.19 bits per heavy atom. The average molecular weight is 432 g/mol. The first-order valence-electron chi connectivity index (χ1n) is 11.4. The van der Waals surface area contributed by atoms with E-state index in [1.54, 1.807) is 4.90 Å². The maximum atomic E-state index is 13.4. The van der Waals surface area contributed by atoms with E-state index in [2.05, 4.69) is 31.1 Å². The number of carbonyl (C=O) groups is 4. The minimum Gasteiger partial charge on any atom is -0.346 e. The number of nitrogens with one attached hydrogen (secondary N) is 2. The molecule has 3 amide bonds. The van der Waals surface area contributed by atoms with Crippen molar-refractivity contribution in [2.75, 3.05) is 13.1 Å². The van der Waals surface area contributed by atoms with Gasteiger partial charge in [0.25, 0.3) is 5.91 Å². The van der Waals surface area contributed by atoms with Crippen LogP contribution in [0.25, 0.3) is 0 Å². The quantitative estimate of drug-likeness (QED) is 0.431. The predicted molar refractivity (Wildman–Crippen MR) is 118 cm³/mol. The van der Waals surface area contributed by atoms with Gasteiger partial charge in [0.05, 0.1) is 6.04 Å². The Kier molecular flexibility index (Phi) is 6.36. The van der Waals surface area contributed by atoms with Gasteiger partial charge in [-0.1, -0.05) is 53.5 Å². The summed E-state index contributed by atoms with van der Waals surface area (Å²) in [5, 5.41) is 5.37. The molecule has 7 nitrogen and oxygen atoms in total.